The fourth-order valence-corrected chi connectivity index (χ4v) is 4.03. The molecule has 1 saturated heterocycles. The Labute approximate surface area is 152 Å². The summed E-state index contributed by atoms with van der Waals surface area (Å²) in [4.78, 5) is 13.2. The molecule has 0 bridgehead atoms. The van der Waals surface area contributed by atoms with Crippen LogP contribution in [0.3, 0.4) is 0 Å². The van der Waals surface area contributed by atoms with Gasteiger partial charge < -0.3 is 4.90 Å². The zero-order valence-electron chi connectivity index (χ0n) is 13.7. The highest BCUT2D eigenvalue weighted by molar-refractivity contribution is 7.89. The average Bonchev–Trinajstić information content (AvgIpc) is 2.95. The lowest BCUT2D eigenvalue weighted by Crippen LogP contribution is -2.41. The summed E-state index contributed by atoms with van der Waals surface area (Å²) in [7, 11) is -4.33. The first-order valence-corrected chi connectivity index (χ1v) is 9.33. The van der Waals surface area contributed by atoms with Gasteiger partial charge in [-0.2, -0.15) is 17.9 Å². The Morgan fingerprint density at radius 2 is 1.74 bits per heavy atom. The lowest BCUT2D eigenvalue weighted by atomic mass is 10.2. The molecule has 0 radical (unpaired) electrons. The number of nitrogens with one attached hydrogen (secondary N) is 1. The van der Waals surface area contributed by atoms with Gasteiger partial charge in [0.1, 0.15) is 11.9 Å². The Morgan fingerprint density at radius 1 is 1.07 bits per heavy atom. The molecule has 1 N–H and O–H groups in total. The number of sulfonamides is 1. The van der Waals surface area contributed by atoms with E-state index < -0.39 is 44.4 Å². The van der Waals surface area contributed by atoms with E-state index in [4.69, 9.17) is 0 Å². The van der Waals surface area contributed by atoms with E-state index in [-0.39, 0.29) is 13.0 Å². The molecule has 1 aliphatic heterocycles. The molecule has 1 heterocycles. The SMILES string of the molecule is O=C1[C@H](NS(=O)(=O)c2cccc(C(F)(F)F)c2)CCN1c1ccc(F)cc1. The molecule has 144 valence electrons. The first-order chi connectivity index (χ1) is 12.6. The molecule has 0 spiro atoms. The van der Waals surface area contributed by atoms with E-state index in [1.165, 1.54) is 29.2 Å². The van der Waals surface area contributed by atoms with Crippen LogP contribution in [0.15, 0.2) is 53.4 Å². The largest absolute Gasteiger partial charge is 0.416 e. The molecule has 0 aliphatic carbocycles. The van der Waals surface area contributed by atoms with Crippen molar-refractivity contribution in [3.63, 3.8) is 0 Å². The molecule has 3 rings (SSSR count). The fourth-order valence-electron chi connectivity index (χ4n) is 2.76. The van der Waals surface area contributed by atoms with Gasteiger partial charge in [0.2, 0.25) is 15.9 Å². The van der Waals surface area contributed by atoms with Gasteiger partial charge in [-0.3, -0.25) is 4.79 Å². The number of carbonyl (C=O) groups is 1. The van der Waals surface area contributed by atoms with Crippen LogP contribution in [0.2, 0.25) is 0 Å². The maximum absolute atomic E-state index is 13.0. The van der Waals surface area contributed by atoms with Crippen molar-refractivity contribution >= 4 is 21.6 Å². The molecule has 1 aliphatic rings. The van der Waals surface area contributed by atoms with Crippen molar-refractivity contribution in [3.8, 4) is 0 Å². The molecule has 2 aromatic rings. The predicted octanol–water partition coefficient (Wildman–Crippen LogP) is 2.93. The van der Waals surface area contributed by atoms with Gasteiger partial charge in [-0.05, 0) is 48.9 Å². The number of hydrogen-bond donors (Lipinski definition) is 1. The highest BCUT2D eigenvalue weighted by atomic mass is 32.2. The molecule has 0 unspecified atom stereocenters. The summed E-state index contributed by atoms with van der Waals surface area (Å²) < 4.78 is 78.3. The van der Waals surface area contributed by atoms with Crippen molar-refractivity contribution in [2.24, 2.45) is 0 Å². The van der Waals surface area contributed by atoms with Gasteiger partial charge in [-0.15, -0.1) is 0 Å². The van der Waals surface area contributed by atoms with Crippen LogP contribution in [-0.2, 0) is 21.0 Å². The summed E-state index contributed by atoms with van der Waals surface area (Å²) in [5.41, 5.74) is -0.696. The van der Waals surface area contributed by atoms with Gasteiger partial charge >= 0.3 is 6.18 Å². The second-order valence-corrected chi connectivity index (χ2v) is 7.67. The second kappa shape index (κ2) is 6.93. The normalized spacial score (nSPS) is 18.1. The van der Waals surface area contributed by atoms with Gasteiger partial charge in [-0.25, -0.2) is 12.8 Å². The number of rotatable bonds is 4. The van der Waals surface area contributed by atoms with Gasteiger partial charge in [0.05, 0.1) is 10.5 Å². The Kier molecular flexibility index (Phi) is 4.96. The number of amides is 1. The highest BCUT2D eigenvalue weighted by Gasteiger charge is 2.37. The van der Waals surface area contributed by atoms with Crippen LogP contribution < -0.4 is 9.62 Å². The Morgan fingerprint density at radius 3 is 2.37 bits per heavy atom. The van der Waals surface area contributed by atoms with Crippen LogP contribution >= 0.6 is 0 Å². The molecule has 0 aromatic heterocycles. The van der Waals surface area contributed by atoms with E-state index in [1.807, 2.05) is 0 Å². The quantitative estimate of drug-likeness (QED) is 0.800. The zero-order valence-corrected chi connectivity index (χ0v) is 14.5. The average molecular weight is 402 g/mol. The summed E-state index contributed by atoms with van der Waals surface area (Å²) in [6.45, 7) is 0.195. The third-order valence-electron chi connectivity index (χ3n) is 4.11. The molecule has 27 heavy (non-hydrogen) atoms. The maximum atomic E-state index is 13.0. The monoisotopic (exact) mass is 402 g/mol. The van der Waals surface area contributed by atoms with Crippen LogP contribution in [0.25, 0.3) is 0 Å². The first-order valence-electron chi connectivity index (χ1n) is 7.84. The molecule has 1 fully saturated rings. The van der Waals surface area contributed by atoms with Crippen molar-refractivity contribution in [1.82, 2.24) is 4.72 Å². The Bertz CT molecular complexity index is 959. The molecule has 5 nitrogen and oxygen atoms in total. The number of hydrogen-bond acceptors (Lipinski definition) is 3. The third kappa shape index (κ3) is 4.11. The van der Waals surface area contributed by atoms with E-state index >= 15 is 0 Å². The maximum Gasteiger partial charge on any atom is 0.416 e. The number of benzene rings is 2. The fraction of sp³-hybridized carbons (Fsp3) is 0.235. The minimum atomic E-state index is -4.69. The minimum Gasteiger partial charge on any atom is -0.311 e. The van der Waals surface area contributed by atoms with Crippen LogP contribution in [0.5, 0.6) is 0 Å². The third-order valence-corrected chi connectivity index (χ3v) is 5.58. The Hall–Kier alpha value is -2.46. The number of carbonyl (C=O) groups excluding carboxylic acids is 1. The molecule has 1 amide bonds. The van der Waals surface area contributed by atoms with Crippen LogP contribution in [0.1, 0.15) is 12.0 Å². The molecule has 0 saturated carbocycles. The summed E-state index contributed by atoms with van der Waals surface area (Å²) in [6, 6.07) is 7.28. The van der Waals surface area contributed by atoms with Crippen LogP contribution in [0.4, 0.5) is 23.2 Å². The van der Waals surface area contributed by atoms with Crippen molar-refractivity contribution in [2.45, 2.75) is 23.5 Å². The molecule has 10 heteroatoms. The first kappa shape index (κ1) is 19.3. The molecular weight excluding hydrogens is 388 g/mol. The number of anilines is 1. The van der Waals surface area contributed by atoms with E-state index in [1.54, 1.807) is 0 Å². The second-order valence-electron chi connectivity index (χ2n) is 5.95. The molecule has 2 aromatic carbocycles. The summed E-state index contributed by atoms with van der Waals surface area (Å²) in [5, 5.41) is 0. The van der Waals surface area contributed by atoms with Gasteiger partial charge in [0.15, 0.2) is 0 Å². The smallest absolute Gasteiger partial charge is 0.311 e. The number of nitrogens with zero attached hydrogens (tertiary/aromatic N) is 1. The lowest BCUT2D eigenvalue weighted by Gasteiger charge is -2.17. The highest BCUT2D eigenvalue weighted by Crippen LogP contribution is 2.30. The van der Waals surface area contributed by atoms with Gasteiger partial charge in [-0.1, -0.05) is 6.07 Å². The summed E-state index contributed by atoms with van der Waals surface area (Å²) >= 11 is 0. The van der Waals surface area contributed by atoms with Gasteiger partial charge in [0.25, 0.3) is 0 Å². The van der Waals surface area contributed by atoms with E-state index in [2.05, 4.69) is 4.72 Å². The summed E-state index contributed by atoms with van der Waals surface area (Å²) in [6.07, 6.45) is -4.55. The summed E-state index contributed by atoms with van der Waals surface area (Å²) in [5.74, 6) is -1.04. The zero-order chi connectivity index (χ0) is 19.8. The van der Waals surface area contributed by atoms with Crippen LogP contribution in [0, 0.1) is 5.82 Å². The van der Waals surface area contributed by atoms with Crippen molar-refractivity contribution in [2.75, 3.05) is 11.4 Å². The predicted molar refractivity (Wildman–Crippen MR) is 88.9 cm³/mol. The van der Waals surface area contributed by atoms with E-state index in [0.717, 1.165) is 18.2 Å². The van der Waals surface area contributed by atoms with Crippen molar-refractivity contribution in [1.29, 1.82) is 0 Å². The van der Waals surface area contributed by atoms with Crippen molar-refractivity contribution < 1.29 is 30.8 Å². The topological polar surface area (TPSA) is 66.5 Å². The minimum absolute atomic E-state index is 0.133. The van der Waals surface area contributed by atoms with Gasteiger partial charge in [0, 0.05) is 12.2 Å². The van der Waals surface area contributed by atoms with E-state index in [0.29, 0.717) is 11.8 Å². The van der Waals surface area contributed by atoms with E-state index in [9.17, 15) is 30.8 Å². The molecule has 1 atom stereocenters. The molecular formula is C17H14F4N2O3S. The number of halogens is 4. The van der Waals surface area contributed by atoms with Crippen LogP contribution in [-0.4, -0.2) is 26.9 Å². The Balaban J connectivity index is 1.79. The number of alkyl halides is 3. The lowest BCUT2D eigenvalue weighted by molar-refractivity contribution is -0.137. The van der Waals surface area contributed by atoms with Crippen molar-refractivity contribution in [3.05, 3.63) is 59.9 Å². The standard InChI is InChI=1S/C17H14F4N2O3S/c18-12-4-6-13(7-5-12)23-9-8-15(16(23)24)22-27(25,26)14-3-1-2-11(10-14)17(19,20)21/h1-7,10,15,22H,8-9H2/t15-/m1/s1.